The van der Waals surface area contributed by atoms with Crippen LogP contribution >= 0.6 is 11.3 Å². The molecule has 1 aliphatic rings. The molecule has 1 atom stereocenters. The van der Waals surface area contributed by atoms with Crippen LogP contribution in [0.5, 0.6) is 11.5 Å². The molecule has 1 N–H and O–H groups in total. The molecule has 6 rings (SSSR count). The zero-order valence-corrected chi connectivity index (χ0v) is 26.3. The number of esters is 1. The van der Waals surface area contributed by atoms with Crippen molar-refractivity contribution in [2.45, 2.75) is 33.7 Å². The maximum Gasteiger partial charge on any atom is 0.338 e. The van der Waals surface area contributed by atoms with Crippen LogP contribution in [-0.4, -0.2) is 36.3 Å². The average molecular weight is 608 g/mol. The van der Waals surface area contributed by atoms with Crippen LogP contribution in [0.3, 0.4) is 0 Å². The quantitative estimate of drug-likeness (QED) is 0.244. The maximum atomic E-state index is 14.4. The van der Waals surface area contributed by atoms with Crippen molar-refractivity contribution in [2.24, 2.45) is 4.99 Å². The standard InChI is InChI=1S/C35H33N3O5S/c1-7-43-34(40)29-21(4)36-35-38(32(29)23-13-14-26(41-5)27(17-23)42-6)33(39)28(44-35)18-25-24-16-19(2)15-20(3)30(24)37-31(25)22-11-9-8-10-12-22/h8-18,32,37H,7H2,1-6H3/b28-18+/t32-/m0/s1. The number of rotatable bonds is 7. The number of H-pyrrole nitrogens is 1. The first kappa shape index (κ1) is 29.2. The lowest BCUT2D eigenvalue weighted by Gasteiger charge is -2.25. The molecule has 0 unspecified atom stereocenters. The SMILES string of the molecule is CCOC(=O)C1=C(C)N=c2s/c(=C/c3c(-c4ccccc4)[nH]c4c(C)cc(C)cc34)c(=O)n2[C@H]1c1ccc(OC)c(OC)c1. The van der Waals surface area contributed by atoms with Gasteiger partial charge in [-0.1, -0.05) is 59.4 Å². The highest BCUT2D eigenvalue weighted by molar-refractivity contribution is 7.07. The second-order valence-electron chi connectivity index (χ2n) is 10.7. The molecule has 0 radical (unpaired) electrons. The molecule has 0 bridgehead atoms. The summed E-state index contributed by atoms with van der Waals surface area (Å²) in [4.78, 5) is 36.6. The van der Waals surface area contributed by atoms with Gasteiger partial charge in [0, 0.05) is 16.5 Å². The van der Waals surface area contributed by atoms with Gasteiger partial charge in [-0.15, -0.1) is 0 Å². The molecule has 3 heterocycles. The van der Waals surface area contributed by atoms with Crippen molar-refractivity contribution < 1.29 is 19.0 Å². The van der Waals surface area contributed by atoms with Crippen molar-refractivity contribution >= 4 is 34.3 Å². The Morgan fingerprint density at radius 1 is 1.02 bits per heavy atom. The van der Waals surface area contributed by atoms with E-state index in [-0.39, 0.29) is 12.2 Å². The minimum Gasteiger partial charge on any atom is -0.493 e. The Labute approximate surface area is 258 Å². The first-order valence-corrected chi connectivity index (χ1v) is 15.2. The average Bonchev–Trinajstić information content (AvgIpc) is 3.53. The number of nitrogens with one attached hydrogen (secondary N) is 1. The molecular formula is C35H33N3O5S. The van der Waals surface area contributed by atoms with Crippen molar-refractivity contribution in [3.05, 3.63) is 114 Å². The number of allylic oxidation sites excluding steroid dienone is 1. The Morgan fingerprint density at radius 3 is 2.48 bits per heavy atom. The summed E-state index contributed by atoms with van der Waals surface area (Å²) in [6.07, 6.45) is 1.94. The summed E-state index contributed by atoms with van der Waals surface area (Å²) < 4.78 is 18.6. The molecular weight excluding hydrogens is 574 g/mol. The first-order valence-electron chi connectivity index (χ1n) is 14.4. The van der Waals surface area contributed by atoms with Gasteiger partial charge in [-0.25, -0.2) is 9.79 Å². The van der Waals surface area contributed by atoms with Crippen molar-refractivity contribution in [3.63, 3.8) is 0 Å². The van der Waals surface area contributed by atoms with E-state index in [9.17, 15) is 9.59 Å². The first-order chi connectivity index (χ1) is 21.2. The minimum absolute atomic E-state index is 0.195. The predicted molar refractivity (Wildman–Crippen MR) is 173 cm³/mol. The lowest BCUT2D eigenvalue weighted by Crippen LogP contribution is -2.40. The highest BCUT2D eigenvalue weighted by atomic mass is 32.1. The Bertz CT molecular complexity index is 2140. The molecule has 1 aliphatic heterocycles. The molecule has 0 amide bonds. The fraction of sp³-hybridized carbons (Fsp3) is 0.229. The number of carbonyl (C=O) groups excluding carboxylic acids is 1. The van der Waals surface area contributed by atoms with Crippen molar-refractivity contribution in [3.8, 4) is 22.8 Å². The van der Waals surface area contributed by atoms with Gasteiger partial charge in [0.2, 0.25) is 0 Å². The van der Waals surface area contributed by atoms with E-state index in [0.717, 1.165) is 38.9 Å². The third-order valence-corrected chi connectivity index (χ3v) is 8.85. The number of thiazole rings is 1. The summed E-state index contributed by atoms with van der Waals surface area (Å²) in [5, 5.41) is 1.03. The van der Waals surface area contributed by atoms with Gasteiger partial charge < -0.3 is 19.2 Å². The van der Waals surface area contributed by atoms with E-state index in [1.165, 1.54) is 11.3 Å². The minimum atomic E-state index is -0.770. The van der Waals surface area contributed by atoms with E-state index in [1.807, 2.05) is 30.3 Å². The zero-order valence-electron chi connectivity index (χ0n) is 25.5. The molecule has 2 aromatic heterocycles. The smallest absolute Gasteiger partial charge is 0.338 e. The summed E-state index contributed by atoms with van der Waals surface area (Å²) in [6.45, 7) is 7.88. The number of benzene rings is 3. The molecule has 44 heavy (non-hydrogen) atoms. The van der Waals surface area contributed by atoms with E-state index in [2.05, 4.69) is 43.1 Å². The van der Waals surface area contributed by atoms with E-state index in [4.69, 9.17) is 19.2 Å². The van der Waals surface area contributed by atoms with Gasteiger partial charge in [0.25, 0.3) is 5.56 Å². The van der Waals surface area contributed by atoms with Crippen LogP contribution in [0.4, 0.5) is 0 Å². The van der Waals surface area contributed by atoms with Crippen LogP contribution in [0.1, 0.15) is 42.1 Å². The van der Waals surface area contributed by atoms with Gasteiger partial charge in [-0.3, -0.25) is 9.36 Å². The number of carbonyl (C=O) groups is 1. The third-order valence-electron chi connectivity index (χ3n) is 7.87. The van der Waals surface area contributed by atoms with Crippen molar-refractivity contribution in [1.29, 1.82) is 0 Å². The second kappa shape index (κ2) is 11.7. The molecule has 9 heteroatoms. The fourth-order valence-electron chi connectivity index (χ4n) is 5.92. The molecule has 224 valence electrons. The number of aromatic amines is 1. The summed E-state index contributed by atoms with van der Waals surface area (Å²) in [6, 6.07) is 19.0. The van der Waals surface area contributed by atoms with Gasteiger partial charge in [0.15, 0.2) is 16.3 Å². The Balaban J connectivity index is 1.63. The van der Waals surface area contributed by atoms with Crippen molar-refractivity contribution in [1.82, 2.24) is 9.55 Å². The summed E-state index contributed by atoms with van der Waals surface area (Å²) in [5.41, 5.74) is 7.39. The molecule has 0 spiro atoms. The molecule has 8 nitrogen and oxygen atoms in total. The fourth-order valence-corrected chi connectivity index (χ4v) is 6.94. The number of ether oxygens (including phenoxy) is 3. The van der Waals surface area contributed by atoms with Crippen LogP contribution in [0.2, 0.25) is 0 Å². The number of fused-ring (bicyclic) bond motifs is 2. The normalized spacial score (nSPS) is 14.9. The number of hydrogen-bond donors (Lipinski definition) is 1. The lowest BCUT2D eigenvalue weighted by atomic mass is 9.95. The van der Waals surface area contributed by atoms with E-state index in [1.54, 1.807) is 44.8 Å². The number of hydrogen-bond acceptors (Lipinski definition) is 7. The zero-order chi connectivity index (χ0) is 31.1. The topological polar surface area (TPSA) is 94.9 Å². The number of nitrogens with zero attached hydrogens (tertiary/aromatic N) is 2. The Hall–Kier alpha value is -4.89. The van der Waals surface area contributed by atoms with Gasteiger partial charge in [0.05, 0.1) is 48.4 Å². The predicted octanol–water partition coefficient (Wildman–Crippen LogP) is 5.58. The highest BCUT2D eigenvalue weighted by Gasteiger charge is 2.34. The van der Waals surface area contributed by atoms with Crippen LogP contribution in [-0.2, 0) is 9.53 Å². The maximum absolute atomic E-state index is 14.4. The van der Waals surface area contributed by atoms with Gasteiger partial charge in [0.1, 0.15) is 0 Å². The van der Waals surface area contributed by atoms with E-state index >= 15 is 0 Å². The van der Waals surface area contributed by atoms with E-state index < -0.39 is 12.0 Å². The molecule has 0 aliphatic carbocycles. The highest BCUT2D eigenvalue weighted by Crippen LogP contribution is 2.37. The number of aromatic nitrogens is 2. The van der Waals surface area contributed by atoms with Gasteiger partial charge >= 0.3 is 5.97 Å². The van der Waals surface area contributed by atoms with Crippen LogP contribution in [0.15, 0.2) is 81.7 Å². The molecule has 3 aromatic carbocycles. The molecule has 0 fully saturated rings. The van der Waals surface area contributed by atoms with Gasteiger partial charge in [-0.2, -0.15) is 0 Å². The summed E-state index contributed by atoms with van der Waals surface area (Å²) in [5.74, 6) is 0.513. The molecule has 5 aromatic rings. The van der Waals surface area contributed by atoms with Crippen LogP contribution in [0.25, 0.3) is 28.2 Å². The number of aryl methyl sites for hydroxylation is 2. The Morgan fingerprint density at radius 2 is 1.77 bits per heavy atom. The Kier molecular flexibility index (Phi) is 7.73. The lowest BCUT2D eigenvalue weighted by molar-refractivity contribution is -0.139. The molecule has 0 saturated heterocycles. The summed E-state index contributed by atoms with van der Waals surface area (Å²) in [7, 11) is 3.11. The van der Waals surface area contributed by atoms with Crippen LogP contribution < -0.4 is 24.4 Å². The molecule has 0 saturated carbocycles. The largest absolute Gasteiger partial charge is 0.493 e. The second-order valence-corrected chi connectivity index (χ2v) is 11.7. The van der Waals surface area contributed by atoms with E-state index in [0.29, 0.717) is 37.7 Å². The third kappa shape index (κ3) is 4.93. The van der Waals surface area contributed by atoms with Gasteiger partial charge in [-0.05, 0) is 68.7 Å². The van der Waals surface area contributed by atoms with Crippen LogP contribution in [0, 0.1) is 13.8 Å². The number of methoxy groups -OCH3 is 2. The summed E-state index contributed by atoms with van der Waals surface area (Å²) >= 11 is 1.30. The monoisotopic (exact) mass is 607 g/mol. The van der Waals surface area contributed by atoms with Crippen molar-refractivity contribution in [2.75, 3.05) is 20.8 Å².